The molecule has 1 fully saturated rings. The van der Waals surface area contributed by atoms with Crippen molar-refractivity contribution in [1.29, 1.82) is 0 Å². The maximum atomic E-state index is 13.1. The van der Waals surface area contributed by atoms with Gasteiger partial charge in [0.05, 0.1) is 19.3 Å². The van der Waals surface area contributed by atoms with E-state index in [0.29, 0.717) is 30.1 Å². The van der Waals surface area contributed by atoms with E-state index < -0.39 is 14.0 Å². The molecule has 0 unspecified atom stereocenters. The lowest BCUT2D eigenvalue weighted by Gasteiger charge is -2.19. The van der Waals surface area contributed by atoms with Crippen LogP contribution in [0.2, 0.25) is 25.7 Å². The number of carbonyl (C=O) groups is 2. The molecule has 33 heavy (non-hydrogen) atoms. The van der Waals surface area contributed by atoms with Gasteiger partial charge < -0.3 is 28.5 Å². The predicted molar refractivity (Wildman–Crippen MR) is 130 cm³/mol. The first kappa shape index (κ1) is 27.3. The number of benzene rings is 1. The first-order chi connectivity index (χ1) is 15.5. The Morgan fingerprint density at radius 3 is 2.58 bits per heavy atom. The molecule has 1 aliphatic heterocycles. The lowest BCUT2D eigenvalue weighted by molar-refractivity contribution is -0.122. The Morgan fingerprint density at radius 1 is 1.24 bits per heavy atom. The summed E-state index contributed by atoms with van der Waals surface area (Å²) < 4.78 is 27.7. The second kappa shape index (κ2) is 12.0. The van der Waals surface area contributed by atoms with Crippen LogP contribution in [0.4, 0.5) is 0 Å². The zero-order valence-corrected chi connectivity index (χ0v) is 22.2. The maximum absolute atomic E-state index is 13.1. The SMILES string of the molecule is COCOc1cc(OC)cc(CCC[C@@H]2CC(C)(C)O[C@@H]2C=O)c1C(=O)OCC[Si](C)(C)C. The molecule has 0 N–H and O–H groups in total. The van der Waals surface area contributed by atoms with Gasteiger partial charge in [-0.15, -0.1) is 0 Å². The molecule has 1 aliphatic rings. The van der Waals surface area contributed by atoms with Crippen molar-refractivity contribution in [2.75, 3.05) is 27.6 Å². The topological polar surface area (TPSA) is 80.3 Å². The average Bonchev–Trinajstić information content (AvgIpc) is 3.04. The molecule has 0 aliphatic carbocycles. The highest BCUT2D eigenvalue weighted by atomic mass is 28.3. The summed E-state index contributed by atoms with van der Waals surface area (Å²) in [6.07, 6.45) is 3.60. The molecular formula is C25H40O7Si. The number of methoxy groups -OCH3 is 2. The fourth-order valence-corrected chi connectivity index (χ4v) is 4.88. The number of esters is 1. The average molecular weight is 481 g/mol. The zero-order chi connectivity index (χ0) is 24.6. The smallest absolute Gasteiger partial charge is 0.342 e. The fourth-order valence-electron chi connectivity index (χ4n) is 4.17. The third kappa shape index (κ3) is 8.43. The Kier molecular flexibility index (Phi) is 9.94. The van der Waals surface area contributed by atoms with Crippen LogP contribution in [0.25, 0.3) is 0 Å². The fraction of sp³-hybridized carbons (Fsp3) is 0.680. The number of carbonyl (C=O) groups excluding carboxylic acids is 2. The van der Waals surface area contributed by atoms with Crippen LogP contribution in [0, 0.1) is 5.92 Å². The van der Waals surface area contributed by atoms with Gasteiger partial charge in [-0.2, -0.15) is 0 Å². The van der Waals surface area contributed by atoms with Crippen molar-refractivity contribution >= 4 is 20.3 Å². The molecule has 186 valence electrons. The first-order valence-corrected chi connectivity index (χ1v) is 15.3. The van der Waals surface area contributed by atoms with Gasteiger partial charge in [0.25, 0.3) is 0 Å². The van der Waals surface area contributed by atoms with Crippen molar-refractivity contribution < 1.29 is 33.3 Å². The summed E-state index contributed by atoms with van der Waals surface area (Å²) in [7, 11) is 1.78. The van der Waals surface area contributed by atoms with Crippen LogP contribution in [0.15, 0.2) is 12.1 Å². The number of hydrogen-bond acceptors (Lipinski definition) is 7. The minimum absolute atomic E-state index is 0.0112. The van der Waals surface area contributed by atoms with Crippen molar-refractivity contribution in [2.45, 2.75) is 76.9 Å². The molecule has 1 heterocycles. The van der Waals surface area contributed by atoms with Gasteiger partial charge in [-0.25, -0.2) is 4.79 Å². The van der Waals surface area contributed by atoms with Gasteiger partial charge >= 0.3 is 5.97 Å². The van der Waals surface area contributed by atoms with Gasteiger partial charge in [0.15, 0.2) is 6.79 Å². The summed E-state index contributed by atoms with van der Waals surface area (Å²) in [4.78, 5) is 24.6. The normalized spacial score (nSPS) is 19.8. The van der Waals surface area contributed by atoms with Gasteiger partial charge in [-0.3, -0.25) is 0 Å². The van der Waals surface area contributed by atoms with E-state index in [1.165, 1.54) is 7.11 Å². The second-order valence-corrected chi connectivity index (χ2v) is 16.1. The van der Waals surface area contributed by atoms with Gasteiger partial charge in [0.1, 0.15) is 29.5 Å². The number of hydrogen-bond donors (Lipinski definition) is 0. The van der Waals surface area contributed by atoms with Gasteiger partial charge in [-0.05, 0) is 63.1 Å². The van der Waals surface area contributed by atoms with E-state index in [-0.39, 0.29) is 24.4 Å². The first-order valence-electron chi connectivity index (χ1n) is 11.6. The van der Waals surface area contributed by atoms with Gasteiger partial charge in [0.2, 0.25) is 0 Å². The Balaban J connectivity index is 2.21. The number of rotatable bonds is 13. The summed E-state index contributed by atoms with van der Waals surface area (Å²) >= 11 is 0. The molecule has 0 amide bonds. The van der Waals surface area contributed by atoms with Crippen LogP contribution in [0.3, 0.4) is 0 Å². The van der Waals surface area contributed by atoms with E-state index in [0.717, 1.165) is 37.2 Å². The Hall–Kier alpha value is -1.90. The second-order valence-electron chi connectivity index (χ2n) is 10.5. The predicted octanol–water partition coefficient (Wildman–Crippen LogP) is 4.88. The summed E-state index contributed by atoms with van der Waals surface area (Å²) in [5.74, 6) is 0.763. The number of ether oxygens (including phenoxy) is 5. The van der Waals surface area contributed by atoms with Gasteiger partial charge in [-0.1, -0.05) is 19.6 Å². The van der Waals surface area contributed by atoms with Crippen LogP contribution in [0.1, 0.15) is 49.0 Å². The Labute approximate surface area is 199 Å². The lowest BCUT2D eigenvalue weighted by atomic mass is 9.89. The van der Waals surface area contributed by atoms with Crippen molar-refractivity contribution in [2.24, 2.45) is 5.92 Å². The van der Waals surface area contributed by atoms with Crippen LogP contribution in [-0.2, 0) is 25.4 Å². The monoisotopic (exact) mass is 480 g/mol. The Morgan fingerprint density at radius 2 is 1.97 bits per heavy atom. The molecule has 2 rings (SSSR count). The molecule has 2 atom stereocenters. The molecule has 0 spiro atoms. The summed E-state index contributed by atoms with van der Waals surface area (Å²) in [6, 6.07) is 4.44. The van der Waals surface area contributed by atoms with E-state index in [9.17, 15) is 9.59 Å². The molecule has 1 aromatic rings. The minimum Gasteiger partial charge on any atom is -0.497 e. The van der Waals surface area contributed by atoms with E-state index >= 15 is 0 Å². The molecule has 0 bridgehead atoms. The summed E-state index contributed by atoms with van der Waals surface area (Å²) in [6.45, 7) is 11.2. The highest BCUT2D eigenvalue weighted by Gasteiger charge is 2.39. The van der Waals surface area contributed by atoms with E-state index in [1.807, 2.05) is 19.9 Å². The van der Waals surface area contributed by atoms with E-state index in [1.54, 1.807) is 13.2 Å². The van der Waals surface area contributed by atoms with E-state index in [4.69, 9.17) is 23.7 Å². The summed E-state index contributed by atoms with van der Waals surface area (Å²) in [5, 5.41) is 0. The van der Waals surface area contributed by atoms with Crippen LogP contribution < -0.4 is 9.47 Å². The third-order valence-corrected chi connectivity index (χ3v) is 7.55. The number of aldehydes is 1. The van der Waals surface area contributed by atoms with Crippen molar-refractivity contribution in [3.8, 4) is 11.5 Å². The molecule has 7 nitrogen and oxygen atoms in total. The maximum Gasteiger partial charge on any atom is 0.342 e. The highest BCUT2D eigenvalue weighted by Crippen LogP contribution is 2.37. The lowest BCUT2D eigenvalue weighted by Crippen LogP contribution is -2.23. The van der Waals surface area contributed by atoms with E-state index in [2.05, 4.69) is 19.6 Å². The molecule has 1 aromatic carbocycles. The minimum atomic E-state index is -1.33. The van der Waals surface area contributed by atoms with Crippen LogP contribution >= 0.6 is 0 Å². The molecular weight excluding hydrogens is 440 g/mol. The summed E-state index contributed by atoms with van der Waals surface area (Å²) in [5.41, 5.74) is 0.927. The third-order valence-electron chi connectivity index (χ3n) is 5.84. The molecule has 0 aromatic heterocycles. The standard InChI is InChI=1S/C25H40O7Si/c1-25(2)15-19(22(16-26)32-25)10-8-9-18-13-20(29-4)14-21(31-17-28-3)23(18)24(27)30-11-12-33(5,6)7/h13-14,16,19,22H,8-12,15,17H2,1-7H3/t19-,22-/m1/s1. The van der Waals surface area contributed by atoms with Gasteiger partial charge in [0, 0.05) is 21.3 Å². The van der Waals surface area contributed by atoms with Crippen molar-refractivity contribution in [1.82, 2.24) is 0 Å². The number of aryl methyl sites for hydroxylation is 1. The molecule has 0 radical (unpaired) electrons. The van der Waals surface area contributed by atoms with Crippen molar-refractivity contribution in [3.05, 3.63) is 23.3 Å². The molecule has 0 saturated carbocycles. The van der Waals surface area contributed by atoms with Crippen LogP contribution in [-0.4, -0.2) is 59.7 Å². The molecule has 8 heteroatoms. The van der Waals surface area contributed by atoms with Crippen molar-refractivity contribution in [3.63, 3.8) is 0 Å². The quantitative estimate of drug-likeness (QED) is 0.172. The Bertz CT molecular complexity index is 801. The molecule has 1 saturated heterocycles. The zero-order valence-electron chi connectivity index (χ0n) is 21.2. The highest BCUT2D eigenvalue weighted by molar-refractivity contribution is 6.76. The largest absolute Gasteiger partial charge is 0.497 e. The van der Waals surface area contributed by atoms with Crippen LogP contribution in [0.5, 0.6) is 11.5 Å².